The number of esters is 1. The lowest BCUT2D eigenvalue weighted by atomic mass is 10.0. The monoisotopic (exact) mass is 287 g/mol. The van der Waals surface area contributed by atoms with Crippen LogP contribution in [0.2, 0.25) is 0 Å². The highest BCUT2D eigenvalue weighted by Gasteiger charge is 2.41. The molecule has 0 aliphatic carbocycles. The van der Waals surface area contributed by atoms with Crippen LogP contribution in [0.25, 0.3) is 0 Å². The van der Waals surface area contributed by atoms with Crippen LogP contribution in [0.3, 0.4) is 0 Å². The number of rotatable bonds is 1. The molecule has 0 bridgehead atoms. The third-order valence-corrected chi connectivity index (χ3v) is 2.21. The molecule has 1 rings (SSSR count). The van der Waals surface area contributed by atoms with Gasteiger partial charge in [0.2, 0.25) is 0 Å². The average molecular weight is 287 g/mol. The molecule has 0 radical (unpaired) electrons. The third kappa shape index (κ3) is 3.09. The predicted octanol–water partition coefficient (Wildman–Crippen LogP) is 3.09. The molecule has 106 valence electrons. The zero-order valence-electron chi connectivity index (χ0n) is 9.32. The fourth-order valence-corrected chi connectivity index (χ4v) is 1.36. The van der Waals surface area contributed by atoms with Gasteiger partial charge in [0.25, 0.3) is 0 Å². The van der Waals surface area contributed by atoms with Gasteiger partial charge in [0.15, 0.2) is 0 Å². The number of halogens is 6. The lowest BCUT2D eigenvalue weighted by molar-refractivity contribution is -0.141. The maximum absolute atomic E-state index is 12.6. The van der Waals surface area contributed by atoms with Gasteiger partial charge in [-0.25, -0.2) is 4.79 Å². The summed E-state index contributed by atoms with van der Waals surface area (Å²) >= 11 is 0. The average Bonchev–Trinajstić information content (AvgIpc) is 2.25. The van der Waals surface area contributed by atoms with Crippen molar-refractivity contribution in [2.45, 2.75) is 12.4 Å². The van der Waals surface area contributed by atoms with E-state index in [1.54, 1.807) is 0 Å². The smallest absolute Gasteiger partial charge is 0.418 e. The van der Waals surface area contributed by atoms with Gasteiger partial charge in [-0.15, -0.1) is 0 Å². The number of nitrogens with two attached hydrogens (primary N) is 1. The summed E-state index contributed by atoms with van der Waals surface area (Å²) in [6.07, 6.45) is -10.2. The Morgan fingerprint density at radius 2 is 1.42 bits per heavy atom. The second-order valence-corrected chi connectivity index (χ2v) is 3.47. The van der Waals surface area contributed by atoms with Gasteiger partial charge in [-0.05, 0) is 12.1 Å². The third-order valence-electron chi connectivity index (χ3n) is 2.21. The van der Waals surface area contributed by atoms with Gasteiger partial charge in [0, 0.05) is 0 Å². The van der Waals surface area contributed by atoms with Crippen LogP contribution < -0.4 is 5.73 Å². The second kappa shape index (κ2) is 4.63. The number of nitrogen functional groups attached to an aromatic ring is 1. The summed E-state index contributed by atoms with van der Waals surface area (Å²) in [7, 11) is 0.833. The van der Waals surface area contributed by atoms with Crippen LogP contribution in [-0.4, -0.2) is 13.1 Å². The molecule has 1 aromatic carbocycles. The number of anilines is 1. The van der Waals surface area contributed by atoms with Gasteiger partial charge in [0.1, 0.15) is 0 Å². The Bertz CT molecular complexity index is 471. The molecule has 0 saturated heterocycles. The first kappa shape index (κ1) is 15.1. The highest BCUT2D eigenvalue weighted by molar-refractivity contribution is 5.90. The molecule has 0 unspecified atom stereocenters. The van der Waals surface area contributed by atoms with Crippen LogP contribution in [0.5, 0.6) is 0 Å². The number of methoxy groups -OCH3 is 1. The number of ether oxygens (including phenoxy) is 1. The molecular formula is C10H7F6NO2. The fourth-order valence-electron chi connectivity index (χ4n) is 1.36. The molecule has 0 fully saturated rings. The zero-order chi connectivity index (χ0) is 15.0. The van der Waals surface area contributed by atoms with Crippen molar-refractivity contribution in [3.05, 3.63) is 28.8 Å². The minimum atomic E-state index is -5.12. The first-order valence-electron chi connectivity index (χ1n) is 4.64. The summed E-state index contributed by atoms with van der Waals surface area (Å²) in [5.74, 6) is -1.32. The number of benzene rings is 1. The molecule has 0 heterocycles. The maximum atomic E-state index is 12.6. The summed E-state index contributed by atoms with van der Waals surface area (Å²) < 4.78 is 79.5. The van der Waals surface area contributed by atoms with Gasteiger partial charge in [-0.1, -0.05) is 0 Å². The van der Waals surface area contributed by atoms with Crippen molar-refractivity contribution < 1.29 is 35.9 Å². The number of carbonyl (C=O) groups excluding carboxylic acids is 1. The Balaban J connectivity index is 3.62. The molecule has 2 N–H and O–H groups in total. The number of hydrogen-bond acceptors (Lipinski definition) is 3. The van der Waals surface area contributed by atoms with E-state index in [0.29, 0.717) is 0 Å². The number of hydrogen-bond donors (Lipinski definition) is 1. The minimum absolute atomic E-state index is 0.219. The summed E-state index contributed by atoms with van der Waals surface area (Å²) in [5, 5.41) is 0. The summed E-state index contributed by atoms with van der Waals surface area (Å²) in [5.41, 5.74) is -0.951. The molecule has 0 saturated carbocycles. The van der Waals surface area contributed by atoms with E-state index in [0.717, 1.165) is 7.11 Å². The maximum Gasteiger partial charge on any atom is 0.418 e. The van der Waals surface area contributed by atoms with Crippen molar-refractivity contribution in [3.8, 4) is 0 Å². The molecule has 0 atom stereocenters. The van der Waals surface area contributed by atoms with E-state index in [2.05, 4.69) is 4.74 Å². The van der Waals surface area contributed by atoms with Crippen molar-refractivity contribution >= 4 is 11.7 Å². The zero-order valence-corrected chi connectivity index (χ0v) is 9.32. The van der Waals surface area contributed by atoms with Crippen LogP contribution in [0.4, 0.5) is 32.0 Å². The lowest BCUT2D eigenvalue weighted by Crippen LogP contribution is -2.18. The molecule has 1 aromatic rings. The molecule has 3 nitrogen and oxygen atoms in total. The van der Waals surface area contributed by atoms with E-state index in [1.807, 2.05) is 0 Å². The largest absolute Gasteiger partial charge is 0.465 e. The minimum Gasteiger partial charge on any atom is -0.465 e. The van der Waals surface area contributed by atoms with Crippen molar-refractivity contribution in [2.75, 3.05) is 12.8 Å². The quantitative estimate of drug-likeness (QED) is 0.490. The Morgan fingerprint density at radius 1 is 1.05 bits per heavy atom. The SMILES string of the molecule is COC(=O)c1cc(C(F)(F)F)c(N)c(C(F)(F)F)c1. The molecular weight excluding hydrogens is 280 g/mol. The van der Waals surface area contributed by atoms with Gasteiger partial charge in [-0.3, -0.25) is 0 Å². The first-order valence-corrected chi connectivity index (χ1v) is 4.64. The Morgan fingerprint density at radius 3 is 1.68 bits per heavy atom. The van der Waals surface area contributed by atoms with E-state index in [-0.39, 0.29) is 12.1 Å². The van der Waals surface area contributed by atoms with E-state index in [1.165, 1.54) is 0 Å². The molecule has 0 aliphatic rings. The summed E-state index contributed by atoms with van der Waals surface area (Å²) in [4.78, 5) is 11.1. The summed E-state index contributed by atoms with van der Waals surface area (Å²) in [6.45, 7) is 0. The Kier molecular flexibility index (Phi) is 3.69. The van der Waals surface area contributed by atoms with Crippen LogP contribution in [-0.2, 0) is 17.1 Å². The summed E-state index contributed by atoms with van der Waals surface area (Å²) in [6, 6.07) is 0.437. The van der Waals surface area contributed by atoms with E-state index in [4.69, 9.17) is 5.73 Å². The standard InChI is InChI=1S/C10H7F6NO2/c1-19-8(18)4-2-5(9(11,12)13)7(17)6(3-4)10(14,15)16/h2-3H,17H2,1H3. The number of alkyl halides is 6. The lowest BCUT2D eigenvalue weighted by Gasteiger charge is -2.17. The van der Waals surface area contributed by atoms with Crippen LogP contribution in [0, 0.1) is 0 Å². The van der Waals surface area contributed by atoms with Crippen LogP contribution in [0.1, 0.15) is 21.5 Å². The molecule has 0 spiro atoms. The fraction of sp³-hybridized carbons (Fsp3) is 0.300. The van der Waals surface area contributed by atoms with Crippen LogP contribution in [0.15, 0.2) is 12.1 Å². The predicted molar refractivity (Wildman–Crippen MR) is 52.2 cm³/mol. The van der Waals surface area contributed by atoms with E-state index in [9.17, 15) is 31.1 Å². The molecule has 0 aromatic heterocycles. The highest BCUT2D eigenvalue weighted by atomic mass is 19.4. The topological polar surface area (TPSA) is 52.3 Å². The van der Waals surface area contributed by atoms with E-state index >= 15 is 0 Å². The van der Waals surface area contributed by atoms with Crippen molar-refractivity contribution in [1.29, 1.82) is 0 Å². The molecule has 0 aliphatic heterocycles. The molecule has 9 heteroatoms. The van der Waals surface area contributed by atoms with Crippen molar-refractivity contribution in [2.24, 2.45) is 0 Å². The van der Waals surface area contributed by atoms with Crippen molar-refractivity contribution in [3.63, 3.8) is 0 Å². The molecule has 19 heavy (non-hydrogen) atoms. The van der Waals surface area contributed by atoms with Gasteiger partial charge >= 0.3 is 18.3 Å². The second-order valence-electron chi connectivity index (χ2n) is 3.47. The van der Waals surface area contributed by atoms with Gasteiger partial charge < -0.3 is 10.5 Å². The normalized spacial score (nSPS) is 12.4. The number of carbonyl (C=O) groups is 1. The first-order chi connectivity index (χ1) is 8.48. The van der Waals surface area contributed by atoms with Crippen molar-refractivity contribution in [1.82, 2.24) is 0 Å². The Labute approximate surface area is 102 Å². The van der Waals surface area contributed by atoms with Gasteiger partial charge in [-0.2, -0.15) is 26.3 Å². The van der Waals surface area contributed by atoms with Crippen LogP contribution >= 0.6 is 0 Å². The Hall–Kier alpha value is -1.93. The van der Waals surface area contributed by atoms with E-state index < -0.39 is 40.7 Å². The molecule has 0 amide bonds. The van der Waals surface area contributed by atoms with Gasteiger partial charge in [0.05, 0.1) is 29.5 Å². The highest BCUT2D eigenvalue weighted by Crippen LogP contribution is 2.41.